The number of esters is 1. The Bertz CT molecular complexity index is 1480. The number of hydrogen-bond donors (Lipinski definition) is 15. The van der Waals surface area contributed by atoms with Crippen molar-refractivity contribution in [1.29, 1.82) is 0 Å². The van der Waals surface area contributed by atoms with Crippen LogP contribution >= 0.6 is 0 Å². The molecule has 358 valence electrons. The van der Waals surface area contributed by atoms with Crippen molar-refractivity contribution in [2.45, 2.75) is 162 Å². The summed E-state index contributed by atoms with van der Waals surface area (Å²) < 4.78 is 46.2. The Morgan fingerprint density at radius 3 is 1.35 bits per heavy atom. The van der Waals surface area contributed by atoms with Gasteiger partial charge < -0.3 is 115 Å². The molecule has 4 fully saturated rings. The van der Waals surface area contributed by atoms with Crippen LogP contribution in [0.25, 0.3) is 0 Å². The SMILES string of the molecule is CN[C@H](C(=O)OC1OC(CO)C(OC2OC(CO)C(OC3OC(CO)C(O)C(OC4OC(CO)C(O)C(O)C4O)C3NC(C)=O)C(O)C2NC(C)=O)C(O)C1NC(C)=O)[C@@H](C)O. The van der Waals surface area contributed by atoms with E-state index in [4.69, 9.17) is 37.9 Å². The van der Waals surface area contributed by atoms with Crippen LogP contribution in [-0.2, 0) is 57.1 Å². The van der Waals surface area contributed by atoms with Crippen LogP contribution in [0.5, 0.6) is 0 Å². The van der Waals surface area contributed by atoms with Crippen molar-refractivity contribution in [3.05, 3.63) is 0 Å². The number of ether oxygens (including phenoxy) is 8. The molecule has 15 N–H and O–H groups in total. The van der Waals surface area contributed by atoms with Gasteiger partial charge in [-0.1, -0.05) is 0 Å². The van der Waals surface area contributed by atoms with Crippen LogP contribution in [-0.4, -0.2) is 248 Å². The molecule has 27 nitrogen and oxygen atoms in total. The average molecular weight is 905 g/mol. The first-order valence-corrected chi connectivity index (χ1v) is 19.7. The molecular formula is C35H60N4O23. The smallest absolute Gasteiger partial charge is 0.328 e. The molecule has 0 aromatic rings. The molecule has 4 aliphatic rings. The van der Waals surface area contributed by atoms with Gasteiger partial charge in [0.15, 0.2) is 18.9 Å². The van der Waals surface area contributed by atoms with Gasteiger partial charge in [0.2, 0.25) is 24.0 Å². The van der Waals surface area contributed by atoms with E-state index >= 15 is 0 Å². The molecule has 4 rings (SSSR count). The Hall–Kier alpha value is -2.88. The Kier molecular flexibility index (Phi) is 19.1. The van der Waals surface area contributed by atoms with Crippen LogP contribution in [0.2, 0.25) is 0 Å². The molecule has 0 aromatic heterocycles. The number of nitrogens with one attached hydrogen (secondary N) is 4. The normalized spacial score (nSPS) is 42.3. The topological polar surface area (TPSA) is 413 Å². The summed E-state index contributed by atoms with van der Waals surface area (Å²) in [6.45, 7) is 0.814. The van der Waals surface area contributed by atoms with Gasteiger partial charge in [0.1, 0.15) is 104 Å². The number of aliphatic hydroxyl groups excluding tert-OH is 11. The van der Waals surface area contributed by atoms with Gasteiger partial charge in [0.05, 0.1) is 32.5 Å². The summed E-state index contributed by atoms with van der Waals surface area (Å²) in [7, 11) is 1.36. The minimum atomic E-state index is -1.98. The van der Waals surface area contributed by atoms with E-state index in [0.29, 0.717) is 0 Å². The molecule has 27 heteroatoms. The average Bonchev–Trinajstić information content (AvgIpc) is 3.20. The molecule has 0 aromatic carbocycles. The largest absolute Gasteiger partial charge is 0.432 e. The van der Waals surface area contributed by atoms with Crippen molar-refractivity contribution >= 4 is 23.7 Å². The molecular weight excluding hydrogens is 844 g/mol. The van der Waals surface area contributed by atoms with Gasteiger partial charge in [-0.2, -0.15) is 0 Å². The Morgan fingerprint density at radius 1 is 0.516 bits per heavy atom. The van der Waals surface area contributed by atoms with Crippen molar-refractivity contribution < 1.29 is 113 Å². The molecule has 3 amide bonds. The van der Waals surface area contributed by atoms with Crippen LogP contribution in [0.3, 0.4) is 0 Å². The van der Waals surface area contributed by atoms with Crippen LogP contribution in [0.4, 0.5) is 0 Å². The summed E-state index contributed by atoms with van der Waals surface area (Å²) in [6.07, 6.45) is -31.4. The maximum absolute atomic E-state index is 12.9. The molecule has 4 heterocycles. The molecule has 0 aliphatic carbocycles. The second kappa shape index (κ2) is 22.8. The van der Waals surface area contributed by atoms with Gasteiger partial charge in [-0.05, 0) is 14.0 Å². The molecule has 22 atom stereocenters. The fourth-order valence-corrected chi connectivity index (χ4v) is 7.59. The van der Waals surface area contributed by atoms with Crippen molar-refractivity contribution in [3.8, 4) is 0 Å². The van der Waals surface area contributed by atoms with Crippen molar-refractivity contribution in [2.75, 3.05) is 33.5 Å². The molecule has 0 spiro atoms. The maximum atomic E-state index is 12.9. The number of rotatable bonds is 17. The summed E-state index contributed by atoms with van der Waals surface area (Å²) in [5, 5.41) is 126. The lowest BCUT2D eigenvalue weighted by atomic mass is 9.93. The number of carbonyl (C=O) groups is 4. The highest BCUT2D eigenvalue weighted by Crippen LogP contribution is 2.35. The monoisotopic (exact) mass is 904 g/mol. The molecule has 62 heavy (non-hydrogen) atoms. The summed E-state index contributed by atoms with van der Waals surface area (Å²) in [4.78, 5) is 50.2. The standard InChI is InChI=1S/C35H60N4O23/c1-10(44)18(36-5)31(54)62-33-20(38-12(3)46)25(51)28(17(9-43)58-33)59-32-19(37-11(2)45)24(50)29(16(8-42)57-32)60-34-21(39-13(4)47)30(23(49)15(7-41)55-34)61-35-27(53)26(52)22(48)14(6-40)56-35/h10,14-30,32-36,40-44,48-53H,6-9H2,1-5H3,(H,37,45)(H,38,46)(H,39,47)/t10-,14?,15?,16?,17?,18+,19?,20?,21?,22?,23?,24?,25?,26?,27?,28?,29?,30?,32?,33?,34?,35?/m1/s1. The summed E-state index contributed by atoms with van der Waals surface area (Å²) >= 11 is 0. The van der Waals surface area contributed by atoms with Gasteiger partial charge in [0, 0.05) is 20.8 Å². The van der Waals surface area contributed by atoms with E-state index in [-0.39, 0.29) is 0 Å². The molecule has 20 unspecified atom stereocenters. The van der Waals surface area contributed by atoms with E-state index in [1.165, 1.54) is 14.0 Å². The van der Waals surface area contributed by atoms with Crippen molar-refractivity contribution in [2.24, 2.45) is 0 Å². The lowest BCUT2D eigenvalue weighted by Crippen LogP contribution is -2.71. The number of carbonyl (C=O) groups excluding carboxylic acids is 4. The summed E-state index contributed by atoms with van der Waals surface area (Å²) in [5.41, 5.74) is 0. The van der Waals surface area contributed by atoms with Gasteiger partial charge in [-0.3, -0.25) is 19.2 Å². The quantitative estimate of drug-likeness (QED) is 0.0603. The number of amides is 3. The summed E-state index contributed by atoms with van der Waals surface area (Å²) in [6, 6.07) is -6.17. The molecule has 4 saturated heterocycles. The van der Waals surface area contributed by atoms with Crippen molar-refractivity contribution in [3.63, 3.8) is 0 Å². The van der Waals surface area contributed by atoms with E-state index < -0.39 is 185 Å². The zero-order chi connectivity index (χ0) is 46.3. The van der Waals surface area contributed by atoms with E-state index in [9.17, 15) is 75.3 Å². The third kappa shape index (κ3) is 11.9. The molecule has 0 radical (unpaired) electrons. The third-order valence-corrected chi connectivity index (χ3v) is 10.7. The Morgan fingerprint density at radius 2 is 0.903 bits per heavy atom. The molecule has 0 saturated carbocycles. The first-order chi connectivity index (χ1) is 29.2. The van der Waals surface area contributed by atoms with Crippen LogP contribution in [0.15, 0.2) is 0 Å². The van der Waals surface area contributed by atoms with Gasteiger partial charge >= 0.3 is 5.97 Å². The zero-order valence-electron chi connectivity index (χ0n) is 34.3. The Balaban J connectivity index is 1.64. The number of likely N-dealkylation sites (N-methyl/N-ethyl adjacent to an activating group) is 1. The second-order valence-electron chi connectivity index (χ2n) is 15.3. The van der Waals surface area contributed by atoms with Gasteiger partial charge in [0.25, 0.3) is 0 Å². The predicted molar refractivity (Wildman–Crippen MR) is 197 cm³/mol. The Labute approximate surface area is 354 Å². The third-order valence-electron chi connectivity index (χ3n) is 10.7. The molecule has 0 bridgehead atoms. The lowest BCUT2D eigenvalue weighted by molar-refractivity contribution is -0.366. The van der Waals surface area contributed by atoms with Crippen molar-refractivity contribution in [1.82, 2.24) is 21.3 Å². The number of aliphatic hydroxyl groups is 11. The zero-order valence-corrected chi connectivity index (χ0v) is 34.3. The highest BCUT2D eigenvalue weighted by atomic mass is 16.8. The van der Waals surface area contributed by atoms with Crippen LogP contribution in [0, 0.1) is 0 Å². The van der Waals surface area contributed by atoms with E-state index in [0.717, 1.165) is 20.8 Å². The fraction of sp³-hybridized carbons (Fsp3) is 0.886. The van der Waals surface area contributed by atoms with Crippen LogP contribution < -0.4 is 21.3 Å². The van der Waals surface area contributed by atoms with E-state index in [1.54, 1.807) is 0 Å². The van der Waals surface area contributed by atoms with E-state index in [2.05, 4.69) is 21.3 Å². The van der Waals surface area contributed by atoms with Crippen LogP contribution in [0.1, 0.15) is 27.7 Å². The minimum absolute atomic E-state index is 0.735. The van der Waals surface area contributed by atoms with Gasteiger partial charge in [-0.25, -0.2) is 0 Å². The van der Waals surface area contributed by atoms with E-state index in [1.807, 2.05) is 0 Å². The maximum Gasteiger partial charge on any atom is 0.328 e. The second-order valence-corrected chi connectivity index (χ2v) is 15.3. The lowest BCUT2D eigenvalue weighted by Gasteiger charge is -2.51. The first kappa shape index (κ1) is 51.8. The first-order valence-electron chi connectivity index (χ1n) is 19.7. The number of hydrogen-bond acceptors (Lipinski definition) is 24. The highest BCUT2D eigenvalue weighted by molar-refractivity contribution is 5.77. The highest BCUT2D eigenvalue weighted by Gasteiger charge is 2.56. The van der Waals surface area contributed by atoms with Gasteiger partial charge in [-0.15, -0.1) is 0 Å². The fourth-order valence-electron chi connectivity index (χ4n) is 7.59. The summed E-state index contributed by atoms with van der Waals surface area (Å²) in [5.74, 6) is -3.35. The minimum Gasteiger partial charge on any atom is -0.432 e. The molecule has 4 aliphatic heterocycles. The predicted octanol–water partition coefficient (Wildman–Crippen LogP) is -9.80.